The Morgan fingerprint density at radius 2 is 2.00 bits per heavy atom. The molecule has 0 saturated carbocycles. The minimum atomic E-state index is 0.699. The topological polar surface area (TPSA) is 60.0 Å². The minimum Gasteiger partial charge on any atom is -0.361 e. The van der Waals surface area contributed by atoms with E-state index in [1.807, 2.05) is 38.1 Å². The molecule has 0 atom stereocenters. The van der Waals surface area contributed by atoms with Crippen LogP contribution >= 0.6 is 23.4 Å². The highest BCUT2D eigenvalue weighted by atomic mass is 35.5. The Balaban J connectivity index is 1.70. The van der Waals surface area contributed by atoms with Crippen molar-refractivity contribution in [3.05, 3.63) is 46.3 Å². The Morgan fingerprint density at radius 1 is 1.19 bits per heavy atom. The van der Waals surface area contributed by atoms with Gasteiger partial charge in [-0.05, 0) is 44.9 Å². The Labute approximate surface area is 161 Å². The Hall–Kier alpha value is -1.99. The van der Waals surface area contributed by atoms with Gasteiger partial charge in [-0.3, -0.25) is 4.57 Å². The largest absolute Gasteiger partial charge is 0.361 e. The highest BCUT2D eigenvalue weighted by Crippen LogP contribution is 2.32. The van der Waals surface area contributed by atoms with E-state index in [4.69, 9.17) is 16.1 Å². The van der Waals surface area contributed by atoms with Crippen molar-refractivity contribution in [2.75, 3.05) is 18.0 Å². The smallest absolute Gasteiger partial charge is 0.232 e. The molecule has 4 rings (SSSR count). The molecular weight excluding hydrogens is 370 g/mol. The number of aromatic nitrogens is 4. The molecule has 1 aromatic carbocycles. The first-order chi connectivity index (χ1) is 12.6. The summed E-state index contributed by atoms with van der Waals surface area (Å²) in [4.78, 5) is 2.29. The van der Waals surface area contributed by atoms with Gasteiger partial charge in [0.25, 0.3) is 0 Å². The third kappa shape index (κ3) is 3.33. The fourth-order valence-electron chi connectivity index (χ4n) is 3.16. The van der Waals surface area contributed by atoms with Gasteiger partial charge in [0.15, 0.2) is 5.16 Å². The summed E-state index contributed by atoms with van der Waals surface area (Å²) in [6.07, 6.45) is 2.37. The lowest BCUT2D eigenvalue weighted by Gasteiger charge is -2.18. The predicted molar refractivity (Wildman–Crippen MR) is 103 cm³/mol. The molecule has 0 aliphatic carbocycles. The Morgan fingerprint density at radius 3 is 2.69 bits per heavy atom. The number of anilines is 1. The molecule has 1 aliphatic rings. The van der Waals surface area contributed by atoms with Crippen molar-refractivity contribution < 1.29 is 4.52 Å². The number of thioether (sulfide) groups is 1. The highest BCUT2D eigenvalue weighted by Gasteiger charge is 2.23. The van der Waals surface area contributed by atoms with Gasteiger partial charge in [-0.1, -0.05) is 34.6 Å². The third-order valence-electron chi connectivity index (χ3n) is 4.60. The summed E-state index contributed by atoms with van der Waals surface area (Å²) in [6, 6.07) is 7.81. The van der Waals surface area contributed by atoms with Crippen LogP contribution in [0.2, 0.25) is 5.02 Å². The molecule has 0 bridgehead atoms. The molecule has 8 heteroatoms. The maximum Gasteiger partial charge on any atom is 0.232 e. The molecule has 2 aromatic heterocycles. The van der Waals surface area contributed by atoms with Crippen molar-refractivity contribution in [3.63, 3.8) is 0 Å². The normalized spacial score (nSPS) is 14.3. The summed E-state index contributed by atoms with van der Waals surface area (Å²) in [5.74, 6) is 2.47. The van der Waals surface area contributed by atoms with Crippen molar-refractivity contribution in [2.24, 2.45) is 0 Å². The molecule has 1 fully saturated rings. The second-order valence-corrected chi connectivity index (χ2v) is 7.76. The number of hydrogen-bond acceptors (Lipinski definition) is 6. The summed E-state index contributed by atoms with van der Waals surface area (Å²) in [5, 5.41) is 14.5. The Bertz CT molecular complexity index is 897. The summed E-state index contributed by atoms with van der Waals surface area (Å²) in [7, 11) is 0. The van der Waals surface area contributed by atoms with Crippen molar-refractivity contribution in [3.8, 4) is 5.69 Å². The lowest BCUT2D eigenvalue weighted by Crippen LogP contribution is -2.22. The van der Waals surface area contributed by atoms with Crippen molar-refractivity contribution >= 4 is 29.3 Å². The highest BCUT2D eigenvalue weighted by molar-refractivity contribution is 7.98. The van der Waals surface area contributed by atoms with Crippen LogP contribution < -0.4 is 4.90 Å². The van der Waals surface area contributed by atoms with Crippen LogP contribution in [0.25, 0.3) is 5.69 Å². The van der Waals surface area contributed by atoms with E-state index in [9.17, 15) is 0 Å². The fraction of sp³-hybridized carbons (Fsp3) is 0.389. The number of hydrogen-bond donors (Lipinski definition) is 0. The van der Waals surface area contributed by atoms with Crippen LogP contribution in [-0.2, 0) is 5.75 Å². The number of nitrogens with zero attached hydrogens (tertiary/aromatic N) is 5. The number of halogens is 1. The van der Waals surface area contributed by atoms with Crippen molar-refractivity contribution in [1.82, 2.24) is 19.9 Å². The summed E-state index contributed by atoms with van der Waals surface area (Å²) < 4.78 is 7.37. The summed E-state index contributed by atoms with van der Waals surface area (Å²) in [6.45, 7) is 5.91. The van der Waals surface area contributed by atoms with Crippen LogP contribution in [0.5, 0.6) is 0 Å². The average molecular weight is 390 g/mol. The Kier molecular flexibility index (Phi) is 4.91. The van der Waals surface area contributed by atoms with Gasteiger partial charge in [-0.25, -0.2) is 0 Å². The van der Waals surface area contributed by atoms with Gasteiger partial charge >= 0.3 is 0 Å². The standard InChI is InChI=1S/C18H20ClN5OS/c1-12-16(13(2)25-22-12)11-26-18-21-20-17(23-8-3-4-9-23)24(18)15-7-5-6-14(19)10-15/h5-7,10H,3-4,8-9,11H2,1-2H3. The number of aryl methyl sites for hydroxylation is 2. The van der Waals surface area contributed by atoms with Gasteiger partial charge in [0, 0.05) is 29.4 Å². The van der Waals surface area contributed by atoms with E-state index in [1.54, 1.807) is 11.8 Å². The average Bonchev–Trinajstić information content (AvgIpc) is 3.34. The van der Waals surface area contributed by atoms with Crippen molar-refractivity contribution in [1.29, 1.82) is 0 Å². The van der Waals surface area contributed by atoms with E-state index < -0.39 is 0 Å². The van der Waals surface area contributed by atoms with Crippen LogP contribution in [0, 0.1) is 13.8 Å². The fourth-order valence-corrected chi connectivity index (χ4v) is 4.45. The molecule has 1 saturated heterocycles. The van der Waals surface area contributed by atoms with Gasteiger partial charge in [0.05, 0.1) is 11.4 Å². The first-order valence-corrected chi connectivity index (χ1v) is 10.0. The number of benzene rings is 1. The zero-order chi connectivity index (χ0) is 18.1. The van der Waals surface area contributed by atoms with Gasteiger partial charge in [-0.15, -0.1) is 10.2 Å². The molecule has 0 unspecified atom stereocenters. The lowest BCUT2D eigenvalue weighted by atomic mass is 10.2. The first kappa shape index (κ1) is 17.4. The van der Waals surface area contributed by atoms with Crippen LogP contribution in [0.4, 0.5) is 5.95 Å². The summed E-state index contributed by atoms with van der Waals surface area (Å²) >= 11 is 7.86. The monoisotopic (exact) mass is 389 g/mol. The molecule has 6 nitrogen and oxygen atoms in total. The van der Waals surface area contributed by atoms with Crippen LogP contribution in [-0.4, -0.2) is 33.0 Å². The zero-order valence-corrected chi connectivity index (χ0v) is 16.3. The van der Waals surface area contributed by atoms with Crippen LogP contribution in [0.1, 0.15) is 29.9 Å². The van der Waals surface area contributed by atoms with E-state index >= 15 is 0 Å². The molecule has 26 heavy (non-hydrogen) atoms. The second kappa shape index (κ2) is 7.32. The molecule has 3 heterocycles. The van der Waals surface area contributed by atoms with Crippen LogP contribution in [0.15, 0.2) is 33.9 Å². The van der Waals surface area contributed by atoms with Gasteiger partial charge in [0.2, 0.25) is 5.95 Å². The number of rotatable bonds is 5. The van der Waals surface area contributed by atoms with E-state index in [2.05, 4.69) is 24.8 Å². The summed E-state index contributed by atoms with van der Waals surface area (Å²) in [5.41, 5.74) is 3.01. The molecule has 3 aromatic rings. The SMILES string of the molecule is Cc1noc(C)c1CSc1nnc(N2CCCC2)n1-c1cccc(Cl)c1. The molecule has 1 aliphatic heterocycles. The first-order valence-electron chi connectivity index (χ1n) is 8.64. The molecule has 136 valence electrons. The van der Waals surface area contributed by atoms with Gasteiger partial charge < -0.3 is 9.42 Å². The molecular formula is C18H20ClN5OS. The van der Waals surface area contributed by atoms with Gasteiger partial charge in [-0.2, -0.15) is 0 Å². The van der Waals surface area contributed by atoms with Crippen molar-refractivity contribution in [2.45, 2.75) is 37.6 Å². The second-order valence-electron chi connectivity index (χ2n) is 6.38. The van der Waals surface area contributed by atoms with E-state index in [0.717, 1.165) is 52.7 Å². The minimum absolute atomic E-state index is 0.699. The molecule has 0 N–H and O–H groups in total. The molecule has 0 spiro atoms. The predicted octanol–water partition coefficient (Wildman–Crippen LogP) is 4.42. The maximum absolute atomic E-state index is 6.23. The van der Waals surface area contributed by atoms with Crippen LogP contribution in [0.3, 0.4) is 0 Å². The lowest BCUT2D eigenvalue weighted by molar-refractivity contribution is 0.392. The zero-order valence-electron chi connectivity index (χ0n) is 14.8. The molecule has 0 amide bonds. The quantitative estimate of drug-likeness (QED) is 0.602. The third-order valence-corrected chi connectivity index (χ3v) is 5.79. The van der Waals surface area contributed by atoms with Gasteiger partial charge in [0.1, 0.15) is 5.76 Å². The maximum atomic E-state index is 6.23. The van der Waals surface area contributed by atoms with E-state index in [-0.39, 0.29) is 0 Å². The molecule has 0 radical (unpaired) electrons. The van der Waals surface area contributed by atoms with E-state index in [1.165, 1.54) is 12.8 Å². The van der Waals surface area contributed by atoms with E-state index in [0.29, 0.717) is 5.02 Å².